The Balaban J connectivity index is 1.77. The van der Waals surface area contributed by atoms with Gasteiger partial charge in [-0.1, -0.05) is 26.0 Å². The van der Waals surface area contributed by atoms with Crippen molar-refractivity contribution in [2.45, 2.75) is 46.2 Å². The fourth-order valence-electron chi connectivity index (χ4n) is 3.47. The smallest absolute Gasteiger partial charge is 0.165 e. The number of nitrogens with one attached hydrogen (secondary N) is 1. The summed E-state index contributed by atoms with van der Waals surface area (Å²) in [6.45, 7) is 6.46. The molecule has 0 spiro atoms. The van der Waals surface area contributed by atoms with E-state index >= 15 is 0 Å². The molecule has 0 bridgehead atoms. The van der Waals surface area contributed by atoms with Gasteiger partial charge in [0.2, 0.25) is 0 Å². The first-order valence-corrected chi connectivity index (χ1v) is 7.52. The maximum atomic E-state index is 12.6. The first-order chi connectivity index (χ1) is 9.15. The Bertz CT molecular complexity index is 494. The second-order valence-electron chi connectivity index (χ2n) is 6.42. The van der Waals surface area contributed by atoms with Crippen molar-refractivity contribution in [1.29, 1.82) is 0 Å². The number of hydrogen-bond donors (Lipinski definition) is 1. The van der Waals surface area contributed by atoms with E-state index in [9.17, 15) is 4.79 Å². The van der Waals surface area contributed by atoms with Crippen LogP contribution in [-0.4, -0.2) is 5.78 Å². The standard InChI is InChI=1S/C17H23NO/c1-11-3-4-13(7-12(11)2)17(19)14-5-6-15-9-18-10-16(15)8-14/h5-6,8,11-13,18H,3-4,7,9-10H2,1-2H3. The molecule has 0 saturated heterocycles. The van der Waals surface area contributed by atoms with Crippen LogP contribution < -0.4 is 5.32 Å². The highest BCUT2D eigenvalue weighted by molar-refractivity contribution is 5.98. The molecule has 2 nitrogen and oxygen atoms in total. The molecule has 1 aromatic carbocycles. The van der Waals surface area contributed by atoms with E-state index in [1.165, 1.54) is 17.5 Å². The quantitative estimate of drug-likeness (QED) is 0.821. The Labute approximate surface area is 115 Å². The van der Waals surface area contributed by atoms with Crippen molar-refractivity contribution in [2.24, 2.45) is 17.8 Å². The van der Waals surface area contributed by atoms with Gasteiger partial charge in [0, 0.05) is 24.6 Å². The van der Waals surface area contributed by atoms with Gasteiger partial charge < -0.3 is 5.32 Å². The Morgan fingerprint density at radius 3 is 2.68 bits per heavy atom. The average Bonchev–Trinajstić information content (AvgIpc) is 2.88. The summed E-state index contributed by atoms with van der Waals surface area (Å²) in [5.41, 5.74) is 3.58. The second kappa shape index (κ2) is 5.09. The molecule has 0 amide bonds. The Morgan fingerprint density at radius 2 is 1.89 bits per heavy atom. The number of carbonyl (C=O) groups excluding carboxylic acids is 1. The van der Waals surface area contributed by atoms with Crippen molar-refractivity contribution >= 4 is 5.78 Å². The summed E-state index contributed by atoms with van der Waals surface area (Å²) in [5, 5.41) is 3.33. The molecule has 1 fully saturated rings. The average molecular weight is 257 g/mol. The number of fused-ring (bicyclic) bond motifs is 1. The minimum absolute atomic E-state index is 0.249. The molecule has 102 valence electrons. The van der Waals surface area contributed by atoms with E-state index in [1.807, 2.05) is 6.07 Å². The molecule has 1 aliphatic carbocycles. The monoisotopic (exact) mass is 257 g/mol. The van der Waals surface area contributed by atoms with E-state index in [0.29, 0.717) is 11.7 Å². The van der Waals surface area contributed by atoms with Gasteiger partial charge in [-0.3, -0.25) is 4.79 Å². The van der Waals surface area contributed by atoms with Crippen LogP contribution in [0.15, 0.2) is 18.2 Å². The first-order valence-electron chi connectivity index (χ1n) is 7.52. The lowest BCUT2D eigenvalue weighted by Crippen LogP contribution is -2.26. The zero-order chi connectivity index (χ0) is 13.4. The Kier molecular flexibility index (Phi) is 3.44. The molecule has 3 unspecified atom stereocenters. The minimum atomic E-state index is 0.249. The van der Waals surface area contributed by atoms with E-state index in [1.54, 1.807) is 0 Å². The Hall–Kier alpha value is -1.15. The normalized spacial score (nSPS) is 30.1. The third kappa shape index (κ3) is 2.46. The van der Waals surface area contributed by atoms with Gasteiger partial charge in [-0.15, -0.1) is 0 Å². The zero-order valence-corrected chi connectivity index (χ0v) is 11.9. The summed E-state index contributed by atoms with van der Waals surface area (Å²) in [5.74, 6) is 2.07. The predicted molar refractivity (Wildman–Crippen MR) is 77.0 cm³/mol. The highest BCUT2D eigenvalue weighted by Gasteiger charge is 2.30. The van der Waals surface area contributed by atoms with Crippen LogP contribution in [0.2, 0.25) is 0 Å². The third-order valence-electron chi connectivity index (χ3n) is 5.09. The zero-order valence-electron chi connectivity index (χ0n) is 11.9. The fraction of sp³-hybridized carbons (Fsp3) is 0.588. The van der Waals surface area contributed by atoms with Crippen LogP contribution >= 0.6 is 0 Å². The van der Waals surface area contributed by atoms with Gasteiger partial charge in [-0.2, -0.15) is 0 Å². The van der Waals surface area contributed by atoms with Crippen LogP contribution in [0.4, 0.5) is 0 Å². The van der Waals surface area contributed by atoms with Gasteiger partial charge in [-0.25, -0.2) is 0 Å². The van der Waals surface area contributed by atoms with Crippen molar-refractivity contribution < 1.29 is 4.79 Å². The number of carbonyl (C=O) groups is 1. The summed E-state index contributed by atoms with van der Waals surface area (Å²) in [7, 11) is 0. The molecule has 0 aromatic heterocycles. The van der Waals surface area contributed by atoms with E-state index < -0.39 is 0 Å². The molecule has 3 rings (SSSR count). The molecule has 1 saturated carbocycles. The Morgan fingerprint density at radius 1 is 1.11 bits per heavy atom. The largest absolute Gasteiger partial charge is 0.309 e. The molecular weight excluding hydrogens is 234 g/mol. The molecule has 3 atom stereocenters. The van der Waals surface area contributed by atoms with Crippen LogP contribution in [0, 0.1) is 17.8 Å². The van der Waals surface area contributed by atoms with Crippen molar-refractivity contribution in [2.75, 3.05) is 0 Å². The highest BCUT2D eigenvalue weighted by Crippen LogP contribution is 2.35. The highest BCUT2D eigenvalue weighted by atomic mass is 16.1. The maximum absolute atomic E-state index is 12.6. The third-order valence-corrected chi connectivity index (χ3v) is 5.09. The predicted octanol–water partition coefficient (Wildman–Crippen LogP) is 3.54. The fourth-order valence-corrected chi connectivity index (χ4v) is 3.47. The van der Waals surface area contributed by atoms with Gasteiger partial charge in [0.1, 0.15) is 0 Å². The molecule has 1 N–H and O–H groups in total. The number of Topliss-reactive ketones (excluding diaryl/α,β-unsaturated/α-hetero) is 1. The summed E-state index contributed by atoms with van der Waals surface area (Å²) in [6, 6.07) is 6.26. The van der Waals surface area contributed by atoms with Crippen LogP contribution in [-0.2, 0) is 13.1 Å². The van der Waals surface area contributed by atoms with Gasteiger partial charge in [0.15, 0.2) is 5.78 Å². The molecular formula is C17H23NO. The molecule has 2 heteroatoms. The lowest BCUT2D eigenvalue weighted by Gasteiger charge is -2.31. The minimum Gasteiger partial charge on any atom is -0.309 e. The molecule has 19 heavy (non-hydrogen) atoms. The SMILES string of the molecule is CC1CCC(C(=O)c2ccc3c(c2)CNC3)CC1C. The summed E-state index contributed by atoms with van der Waals surface area (Å²) in [4.78, 5) is 12.6. The van der Waals surface area contributed by atoms with Crippen molar-refractivity contribution in [3.05, 3.63) is 34.9 Å². The van der Waals surface area contributed by atoms with E-state index in [-0.39, 0.29) is 5.92 Å². The van der Waals surface area contributed by atoms with Crippen molar-refractivity contribution in [3.8, 4) is 0 Å². The molecule has 2 aliphatic rings. The van der Waals surface area contributed by atoms with E-state index in [2.05, 4.69) is 31.3 Å². The van der Waals surface area contributed by atoms with Crippen LogP contribution in [0.3, 0.4) is 0 Å². The molecule has 1 aromatic rings. The summed E-state index contributed by atoms with van der Waals surface area (Å²) >= 11 is 0. The second-order valence-corrected chi connectivity index (χ2v) is 6.42. The molecule has 1 heterocycles. The molecule has 0 radical (unpaired) electrons. The van der Waals surface area contributed by atoms with Gasteiger partial charge >= 0.3 is 0 Å². The number of ketones is 1. The van der Waals surface area contributed by atoms with E-state index in [4.69, 9.17) is 0 Å². The summed E-state index contributed by atoms with van der Waals surface area (Å²) < 4.78 is 0. The van der Waals surface area contributed by atoms with Crippen LogP contribution in [0.1, 0.15) is 54.6 Å². The van der Waals surface area contributed by atoms with Crippen molar-refractivity contribution in [3.63, 3.8) is 0 Å². The maximum Gasteiger partial charge on any atom is 0.165 e. The lowest BCUT2D eigenvalue weighted by atomic mass is 9.73. The van der Waals surface area contributed by atoms with Gasteiger partial charge in [0.05, 0.1) is 0 Å². The van der Waals surface area contributed by atoms with E-state index in [0.717, 1.165) is 37.4 Å². The number of benzene rings is 1. The topological polar surface area (TPSA) is 29.1 Å². The number of rotatable bonds is 2. The van der Waals surface area contributed by atoms with Crippen LogP contribution in [0.5, 0.6) is 0 Å². The lowest BCUT2D eigenvalue weighted by molar-refractivity contribution is 0.0837. The summed E-state index contributed by atoms with van der Waals surface area (Å²) in [6.07, 6.45) is 3.33. The number of hydrogen-bond acceptors (Lipinski definition) is 2. The van der Waals surface area contributed by atoms with Crippen molar-refractivity contribution in [1.82, 2.24) is 5.32 Å². The van der Waals surface area contributed by atoms with Crippen LogP contribution in [0.25, 0.3) is 0 Å². The van der Waals surface area contributed by atoms with Gasteiger partial charge in [0.25, 0.3) is 0 Å². The first kappa shape index (κ1) is 12.9. The molecule has 1 aliphatic heterocycles. The van der Waals surface area contributed by atoms with Gasteiger partial charge in [-0.05, 0) is 48.3 Å².